The normalized spacial score (nSPS) is 14.3. The summed E-state index contributed by atoms with van der Waals surface area (Å²) in [6.45, 7) is 4.08. The Balaban J connectivity index is 1.84. The van der Waals surface area contributed by atoms with Crippen LogP contribution in [0.5, 0.6) is 0 Å². The number of nitrogens with one attached hydrogen (secondary N) is 1. The number of anilines is 2. The van der Waals surface area contributed by atoms with Gasteiger partial charge < -0.3 is 5.32 Å². The zero-order valence-corrected chi connectivity index (χ0v) is 11.8. The minimum absolute atomic E-state index is 0.244. The van der Waals surface area contributed by atoms with Gasteiger partial charge in [0, 0.05) is 17.1 Å². The van der Waals surface area contributed by atoms with Crippen LogP contribution >= 0.6 is 0 Å². The molecule has 0 aliphatic heterocycles. The molecule has 0 bridgehead atoms. The number of hydrogen-bond acceptors (Lipinski definition) is 3. The Hall–Kier alpha value is -1.97. The van der Waals surface area contributed by atoms with Crippen LogP contribution in [0.4, 0.5) is 16.0 Å². The maximum Gasteiger partial charge on any atom is 0.227 e. The van der Waals surface area contributed by atoms with Crippen LogP contribution in [0.3, 0.4) is 0 Å². The van der Waals surface area contributed by atoms with E-state index in [-0.39, 0.29) is 5.82 Å². The Bertz CT molecular complexity index is 618. The lowest BCUT2D eigenvalue weighted by molar-refractivity contribution is 0.628. The van der Waals surface area contributed by atoms with E-state index < -0.39 is 0 Å². The van der Waals surface area contributed by atoms with E-state index in [1.807, 2.05) is 6.92 Å². The van der Waals surface area contributed by atoms with E-state index in [1.54, 1.807) is 12.1 Å². The van der Waals surface area contributed by atoms with E-state index in [4.69, 9.17) is 0 Å². The Kier molecular flexibility index (Phi) is 3.38. The van der Waals surface area contributed by atoms with Gasteiger partial charge in [-0.2, -0.15) is 0 Å². The highest BCUT2D eigenvalue weighted by Crippen LogP contribution is 2.33. The van der Waals surface area contributed by atoms with Crippen molar-refractivity contribution in [1.29, 1.82) is 0 Å². The van der Waals surface area contributed by atoms with Gasteiger partial charge in [-0.15, -0.1) is 0 Å². The molecule has 1 aliphatic rings. The van der Waals surface area contributed by atoms with Crippen LogP contribution in [0.1, 0.15) is 29.8 Å². The minimum Gasteiger partial charge on any atom is -0.324 e. The highest BCUT2D eigenvalue weighted by atomic mass is 19.1. The van der Waals surface area contributed by atoms with Gasteiger partial charge in [0.1, 0.15) is 5.82 Å². The van der Waals surface area contributed by atoms with Gasteiger partial charge in [-0.3, -0.25) is 0 Å². The number of aromatic nitrogens is 2. The lowest BCUT2D eigenvalue weighted by atomic mass is 10.1. The topological polar surface area (TPSA) is 37.8 Å². The van der Waals surface area contributed by atoms with E-state index in [2.05, 4.69) is 22.2 Å². The molecule has 1 N–H and O–H groups in total. The van der Waals surface area contributed by atoms with E-state index >= 15 is 0 Å². The second-order valence-corrected chi connectivity index (χ2v) is 5.48. The van der Waals surface area contributed by atoms with Crippen molar-refractivity contribution in [2.24, 2.45) is 5.92 Å². The molecule has 104 valence electrons. The molecule has 1 fully saturated rings. The first-order valence-corrected chi connectivity index (χ1v) is 6.98. The molecule has 1 heterocycles. The number of hydrogen-bond donors (Lipinski definition) is 1. The third-order valence-corrected chi connectivity index (χ3v) is 3.77. The molecule has 0 saturated heterocycles. The van der Waals surface area contributed by atoms with Gasteiger partial charge in [0.05, 0.1) is 0 Å². The monoisotopic (exact) mass is 271 g/mol. The molecular formula is C16H18FN3. The third-order valence-electron chi connectivity index (χ3n) is 3.77. The first-order valence-electron chi connectivity index (χ1n) is 6.98. The summed E-state index contributed by atoms with van der Waals surface area (Å²) in [5.74, 6) is 1.14. The van der Waals surface area contributed by atoms with Crippen molar-refractivity contribution in [3.8, 4) is 0 Å². The Morgan fingerprint density at radius 1 is 1.15 bits per heavy atom. The lowest BCUT2D eigenvalue weighted by Crippen LogP contribution is -2.06. The standard InChI is InChI=1S/C16H18FN3/c1-10-11(2)18-16(20-15(10)9-12-3-4-12)19-14-7-5-13(17)6-8-14/h5-8,12H,3-4,9H2,1-2H3,(H,18,19,20). The number of rotatable bonds is 4. The summed E-state index contributed by atoms with van der Waals surface area (Å²) in [6, 6.07) is 6.23. The van der Waals surface area contributed by atoms with Crippen molar-refractivity contribution in [3.05, 3.63) is 47.0 Å². The highest BCUT2D eigenvalue weighted by molar-refractivity contribution is 5.53. The zero-order chi connectivity index (χ0) is 14.1. The first kappa shape index (κ1) is 13.0. The van der Waals surface area contributed by atoms with Crippen LogP contribution in [-0.2, 0) is 6.42 Å². The highest BCUT2D eigenvalue weighted by Gasteiger charge is 2.23. The molecule has 2 aromatic rings. The molecule has 20 heavy (non-hydrogen) atoms. The molecule has 1 aromatic carbocycles. The molecule has 0 spiro atoms. The molecule has 1 saturated carbocycles. The summed E-state index contributed by atoms with van der Waals surface area (Å²) in [7, 11) is 0. The smallest absolute Gasteiger partial charge is 0.227 e. The third kappa shape index (κ3) is 2.95. The zero-order valence-electron chi connectivity index (χ0n) is 11.8. The van der Waals surface area contributed by atoms with Crippen LogP contribution < -0.4 is 5.32 Å². The number of aryl methyl sites for hydroxylation is 1. The molecule has 0 radical (unpaired) electrons. The number of halogens is 1. The van der Waals surface area contributed by atoms with E-state index in [1.165, 1.54) is 30.5 Å². The minimum atomic E-state index is -0.244. The van der Waals surface area contributed by atoms with Crippen LogP contribution in [0.15, 0.2) is 24.3 Å². The van der Waals surface area contributed by atoms with Gasteiger partial charge >= 0.3 is 0 Å². The van der Waals surface area contributed by atoms with Crippen LogP contribution in [0.25, 0.3) is 0 Å². The van der Waals surface area contributed by atoms with Gasteiger partial charge in [-0.1, -0.05) is 0 Å². The van der Waals surface area contributed by atoms with Crippen molar-refractivity contribution in [2.45, 2.75) is 33.1 Å². The number of benzene rings is 1. The molecule has 1 aromatic heterocycles. The molecular weight excluding hydrogens is 253 g/mol. The van der Waals surface area contributed by atoms with Gasteiger partial charge in [-0.25, -0.2) is 14.4 Å². The van der Waals surface area contributed by atoms with Crippen LogP contribution in [0.2, 0.25) is 0 Å². The quantitative estimate of drug-likeness (QED) is 0.915. The maximum atomic E-state index is 12.9. The molecule has 3 rings (SSSR count). The van der Waals surface area contributed by atoms with Crippen molar-refractivity contribution in [1.82, 2.24) is 9.97 Å². The Morgan fingerprint density at radius 3 is 2.50 bits per heavy atom. The van der Waals surface area contributed by atoms with Crippen molar-refractivity contribution >= 4 is 11.6 Å². The average molecular weight is 271 g/mol. The Labute approximate surface area is 118 Å². The fourth-order valence-corrected chi connectivity index (χ4v) is 2.20. The first-order chi connectivity index (χ1) is 9.61. The average Bonchev–Trinajstić information content (AvgIpc) is 3.22. The molecule has 1 aliphatic carbocycles. The SMILES string of the molecule is Cc1nc(Nc2ccc(F)cc2)nc(CC2CC2)c1C. The maximum absolute atomic E-state index is 12.9. The van der Waals surface area contributed by atoms with Gasteiger partial charge in [-0.05, 0) is 68.9 Å². The van der Waals surface area contributed by atoms with E-state index in [0.717, 1.165) is 29.4 Å². The second-order valence-electron chi connectivity index (χ2n) is 5.48. The fraction of sp³-hybridized carbons (Fsp3) is 0.375. The fourth-order valence-electron chi connectivity index (χ4n) is 2.20. The second kappa shape index (κ2) is 5.19. The van der Waals surface area contributed by atoms with Gasteiger partial charge in [0.2, 0.25) is 5.95 Å². The largest absolute Gasteiger partial charge is 0.324 e. The van der Waals surface area contributed by atoms with Crippen LogP contribution in [0, 0.1) is 25.6 Å². The summed E-state index contributed by atoms with van der Waals surface area (Å²) >= 11 is 0. The summed E-state index contributed by atoms with van der Waals surface area (Å²) < 4.78 is 12.9. The van der Waals surface area contributed by atoms with Crippen molar-refractivity contribution in [2.75, 3.05) is 5.32 Å². The summed E-state index contributed by atoms with van der Waals surface area (Å²) in [5.41, 5.74) is 4.11. The number of nitrogens with zero attached hydrogens (tertiary/aromatic N) is 2. The summed E-state index contributed by atoms with van der Waals surface area (Å²) in [6.07, 6.45) is 3.65. The molecule has 0 unspecified atom stereocenters. The van der Waals surface area contributed by atoms with Crippen LogP contribution in [-0.4, -0.2) is 9.97 Å². The van der Waals surface area contributed by atoms with E-state index in [9.17, 15) is 4.39 Å². The summed E-state index contributed by atoms with van der Waals surface area (Å²) in [4.78, 5) is 9.08. The van der Waals surface area contributed by atoms with Crippen molar-refractivity contribution in [3.63, 3.8) is 0 Å². The van der Waals surface area contributed by atoms with Gasteiger partial charge in [0.15, 0.2) is 0 Å². The molecule has 4 heteroatoms. The summed E-state index contributed by atoms with van der Waals surface area (Å²) in [5, 5.41) is 3.14. The molecule has 3 nitrogen and oxygen atoms in total. The van der Waals surface area contributed by atoms with Gasteiger partial charge in [0.25, 0.3) is 0 Å². The Morgan fingerprint density at radius 2 is 1.85 bits per heavy atom. The molecule has 0 amide bonds. The lowest BCUT2D eigenvalue weighted by Gasteiger charge is -2.11. The molecule has 0 atom stereocenters. The van der Waals surface area contributed by atoms with Crippen molar-refractivity contribution < 1.29 is 4.39 Å². The van der Waals surface area contributed by atoms with E-state index in [0.29, 0.717) is 5.95 Å². The predicted molar refractivity (Wildman–Crippen MR) is 77.6 cm³/mol. The predicted octanol–water partition coefficient (Wildman–Crippen LogP) is 3.93.